The summed E-state index contributed by atoms with van der Waals surface area (Å²) in [6, 6.07) is 7.37. The molecule has 5 heteroatoms. The van der Waals surface area contributed by atoms with Gasteiger partial charge >= 0.3 is 0 Å². The molecule has 1 fully saturated rings. The fraction of sp³-hybridized carbons (Fsp3) is 0.500. The zero-order valence-electron chi connectivity index (χ0n) is 11.1. The van der Waals surface area contributed by atoms with E-state index in [2.05, 4.69) is 10.6 Å². The Morgan fingerprint density at radius 3 is 3.11 bits per heavy atom. The van der Waals surface area contributed by atoms with Gasteiger partial charge in [-0.15, -0.1) is 0 Å². The number of nitrogens with one attached hydrogen (secondary N) is 2. The number of carbonyl (C=O) groups is 1. The summed E-state index contributed by atoms with van der Waals surface area (Å²) in [5, 5.41) is 15.2. The molecule has 0 unspecified atom stereocenters. The van der Waals surface area contributed by atoms with Crippen LogP contribution in [0.25, 0.3) is 0 Å². The van der Waals surface area contributed by atoms with Crippen LogP contribution in [-0.2, 0) is 11.3 Å². The normalized spacial score (nSPS) is 22.2. The number of ether oxygens (including phenoxy) is 1. The van der Waals surface area contributed by atoms with Crippen molar-refractivity contribution in [3.8, 4) is 5.75 Å². The highest BCUT2D eigenvalue weighted by Crippen LogP contribution is 2.13. The van der Waals surface area contributed by atoms with E-state index in [0.717, 1.165) is 11.3 Å². The lowest BCUT2D eigenvalue weighted by atomic mass is 10.1. The molecular weight excluding hydrogens is 244 g/mol. The Kier molecular flexibility index (Phi) is 4.76. The molecule has 0 saturated carbocycles. The number of hydrogen-bond acceptors (Lipinski definition) is 4. The molecule has 1 amide bonds. The van der Waals surface area contributed by atoms with Gasteiger partial charge in [0, 0.05) is 13.1 Å². The Bertz CT molecular complexity index is 436. The number of carbonyl (C=O) groups excluding carboxylic acids is 1. The summed E-state index contributed by atoms with van der Waals surface area (Å²) in [5.41, 5.74) is 0.998. The number of β-amino-alcohol motifs (C(OH)–C–C–N with tert-alkyl or cyclic N) is 1. The van der Waals surface area contributed by atoms with Crippen LogP contribution in [0.3, 0.4) is 0 Å². The third-order valence-electron chi connectivity index (χ3n) is 3.10. The van der Waals surface area contributed by atoms with Crippen molar-refractivity contribution < 1.29 is 14.6 Å². The van der Waals surface area contributed by atoms with Gasteiger partial charge in [-0.1, -0.05) is 12.1 Å². The van der Waals surface area contributed by atoms with Crippen LogP contribution in [0.2, 0.25) is 0 Å². The second-order valence-corrected chi connectivity index (χ2v) is 4.65. The number of aliphatic hydroxyl groups is 1. The maximum Gasteiger partial charge on any atom is 0.237 e. The topological polar surface area (TPSA) is 70.6 Å². The Hall–Kier alpha value is -1.59. The highest BCUT2D eigenvalue weighted by Gasteiger charge is 2.27. The molecule has 0 bridgehead atoms. The molecule has 0 radical (unpaired) electrons. The van der Waals surface area contributed by atoms with Gasteiger partial charge in [0.05, 0.1) is 18.8 Å². The third kappa shape index (κ3) is 3.94. The molecule has 0 spiro atoms. The average Bonchev–Trinajstić information content (AvgIpc) is 2.84. The predicted molar refractivity (Wildman–Crippen MR) is 71.9 cm³/mol. The molecule has 2 atom stereocenters. The number of hydrogen-bond donors (Lipinski definition) is 3. The fourth-order valence-electron chi connectivity index (χ4n) is 2.14. The number of amides is 1. The largest absolute Gasteiger partial charge is 0.494 e. The van der Waals surface area contributed by atoms with E-state index in [1.165, 1.54) is 0 Å². The lowest BCUT2D eigenvalue weighted by Gasteiger charge is -2.11. The lowest BCUT2D eigenvalue weighted by Crippen LogP contribution is -2.39. The average molecular weight is 264 g/mol. The Morgan fingerprint density at radius 1 is 1.58 bits per heavy atom. The zero-order valence-corrected chi connectivity index (χ0v) is 11.1. The van der Waals surface area contributed by atoms with Crippen molar-refractivity contribution in [1.82, 2.24) is 10.6 Å². The standard InChI is InChI=1S/C14H20N2O3/c1-2-19-12-5-3-4-10(6-12)8-16-14(18)13-7-11(17)9-15-13/h3-6,11,13,15,17H,2,7-9H2,1H3,(H,16,18)/t11-,13-/m0/s1. The van der Waals surface area contributed by atoms with Gasteiger partial charge in [-0.25, -0.2) is 0 Å². The molecule has 1 aromatic carbocycles. The Balaban J connectivity index is 1.84. The maximum atomic E-state index is 11.9. The van der Waals surface area contributed by atoms with E-state index in [-0.39, 0.29) is 11.9 Å². The minimum atomic E-state index is -0.419. The van der Waals surface area contributed by atoms with Gasteiger partial charge in [0.25, 0.3) is 0 Å². The van der Waals surface area contributed by atoms with Crippen LogP contribution in [0.5, 0.6) is 5.75 Å². The summed E-state index contributed by atoms with van der Waals surface area (Å²) in [5.74, 6) is 0.738. The zero-order chi connectivity index (χ0) is 13.7. The van der Waals surface area contributed by atoms with E-state index in [4.69, 9.17) is 4.74 Å². The quantitative estimate of drug-likeness (QED) is 0.721. The number of benzene rings is 1. The van der Waals surface area contributed by atoms with Crippen LogP contribution in [-0.4, -0.2) is 36.3 Å². The first kappa shape index (κ1) is 13.8. The summed E-state index contributed by atoms with van der Waals surface area (Å²) in [7, 11) is 0. The number of aliphatic hydroxyl groups excluding tert-OH is 1. The van der Waals surface area contributed by atoms with Crippen LogP contribution < -0.4 is 15.4 Å². The molecule has 3 N–H and O–H groups in total. The number of rotatable bonds is 5. The van der Waals surface area contributed by atoms with Crippen molar-refractivity contribution in [2.24, 2.45) is 0 Å². The van der Waals surface area contributed by atoms with E-state index in [9.17, 15) is 9.90 Å². The van der Waals surface area contributed by atoms with Crippen LogP contribution in [0.4, 0.5) is 0 Å². The van der Waals surface area contributed by atoms with E-state index in [1.54, 1.807) is 0 Å². The van der Waals surface area contributed by atoms with E-state index in [1.807, 2.05) is 31.2 Å². The second-order valence-electron chi connectivity index (χ2n) is 4.65. The predicted octanol–water partition coefficient (Wildman–Crippen LogP) is 0.424. The summed E-state index contributed by atoms with van der Waals surface area (Å²) in [4.78, 5) is 11.9. The van der Waals surface area contributed by atoms with Gasteiger partial charge < -0.3 is 20.5 Å². The fourth-order valence-corrected chi connectivity index (χ4v) is 2.14. The van der Waals surface area contributed by atoms with Gasteiger partial charge in [0.2, 0.25) is 5.91 Å². The SMILES string of the molecule is CCOc1cccc(CNC(=O)[C@@H]2C[C@H](O)CN2)c1. The van der Waals surface area contributed by atoms with Crippen LogP contribution in [0.1, 0.15) is 18.9 Å². The summed E-state index contributed by atoms with van der Waals surface area (Å²) < 4.78 is 5.41. The van der Waals surface area contributed by atoms with Gasteiger partial charge in [0.1, 0.15) is 5.75 Å². The second kappa shape index (κ2) is 6.54. The van der Waals surface area contributed by atoms with E-state index < -0.39 is 6.10 Å². The molecule has 1 aromatic rings. The summed E-state index contributed by atoms with van der Waals surface area (Å²) in [6.45, 7) is 3.51. The van der Waals surface area contributed by atoms with Crippen LogP contribution >= 0.6 is 0 Å². The molecule has 2 rings (SSSR count). The minimum absolute atomic E-state index is 0.0710. The highest BCUT2D eigenvalue weighted by molar-refractivity contribution is 5.82. The molecule has 1 saturated heterocycles. The first-order chi connectivity index (χ1) is 9.19. The Labute approximate surface area is 113 Å². The molecular formula is C14H20N2O3. The van der Waals surface area contributed by atoms with Crippen LogP contribution in [0.15, 0.2) is 24.3 Å². The van der Waals surface area contributed by atoms with Crippen molar-refractivity contribution in [3.05, 3.63) is 29.8 Å². The van der Waals surface area contributed by atoms with Gasteiger partial charge in [-0.2, -0.15) is 0 Å². The molecule has 1 aliphatic rings. The summed E-state index contributed by atoms with van der Waals surface area (Å²) >= 11 is 0. The molecule has 0 aliphatic carbocycles. The monoisotopic (exact) mass is 264 g/mol. The molecule has 19 heavy (non-hydrogen) atoms. The van der Waals surface area contributed by atoms with Crippen molar-refractivity contribution in [1.29, 1.82) is 0 Å². The third-order valence-corrected chi connectivity index (χ3v) is 3.10. The van der Waals surface area contributed by atoms with Gasteiger partial charge in [0.15, 0.2) is 0 Å². The van der Waals surface area contributed by atoms with E-state index in [0.29, 0.717) is 26.1 Å². The molecule has 0 aromatic heterocycles. The van der Waals surface area contributed by atoms with E-state index >= 15 is 0 Å². The smallest absolute Gasteiger partial charge is 0.237 e. The highest BCUT2D eigenvalue weighted by atomic mass is 16.5. The Morgan fingerprint density at radius 2 is 2.42 bits per heavy atom. The molecule has 1 heterocycles. The maximum absolute atomic E-state index is 11.9. The van der Waals surface area contributed by atoms with Crippen molar-refractivity contribution >= 4 is 5.91 Å². The van der Waals surface area contributed by atoms with Crippen molar-refractivity contribution in [2.75, 3.05) is 13.2 Å². The van der Waals surface area contributed by atoms with Crippen LogP contribution in [0, 0.1) is 0 Å². The summed E-state index contributed by atoms with van der Waals surface area (Å²) in [6.07, 6.45) is 0.0576. The van der Waals surface area contributed by atoms with Gasteiger partial charge in [-0.05, 0) is 31.0 Å². The van der Waals surface area contributed by atoms with Gasteiger partial charge in [-0.3, -0.25) is 4.79 Å². The molecule has 5 nitrogen and oxygen atoms in total. The first-order valence-corrected chi connectivity index (χ1v) is 6.60. The molecule has 104 valence electrons. The first-order valence-electron chi connectivity index (χ1n) is 6.60. The molecule has 1 aliphatic heterocycles. The minimum Gasteiger partial charge on any atom is -0.494 e. The van der Waals surface area contributed by atoms with Crippen molar-refractivity contribution in [2.45, 2.75) is 32.0 Å². The lowest BCUT2D eigenvalue weighted by molar-refractivity contribution is -0.123. The van der Waals surface area contributed by atoms with Crippen molar-refractivity contribution in [3.63, 3.8) is 0 Å².